The molecule has 0 spiro atoms. The van der Waals surface area contributed by atoms with Gasteiger partial charge in [0.15, 0.2) is 23.2 Å². The van der Waals surface area contributed by atoms with Crippen molar-refractivity contribution in [2.75, 3.05) is 7.11 Å². The normalized spacial score (nSPS) is 17.9. The van der Waals surface area contributed by atoms with E-state index in [1.165, 1.54) is 43.5 Å². The molecule has 1 saturated carbocycles. The minimum Gasteiger partial charge on any atom is -0.494 e. The van der Waals surface area contributed by atoms with E-state index in [2.05, 4.69) is 6.92 Å². The van der Waals surface area contributed by atoms with Crippen molar-refractivity contribution in [2.45, 2.75) is 44.9 Å². The maximum absolute atomic E-state index is 14.8. The van der Waals surface area contributed by atoms with Crippen molar-refractivity contribution < 1.29 is 27.4 Å². The molecule has 0 bridgehead atoms. The third-order valence-corrected chi connectivity index (χ3v) is 6.75. The fourth-order valence-corrected chi connectivity index (χ4v) is 4.64. The number of hydrogen-bond acceptors (Lipinski definition) is 3. The molecular formula is C28H27F3O3. The number of hydrogen-bond donors (Lipinski definition) is 0. The molecule has 1 aliphatic carbocycles. The lowest BCUT2D eigenvalue weighted by atomic mass is 9.77. The molecule has 1 fully saturated rings. The lowest BCUT2D eigenvalue weighted by molar-refractivity contribution is 0.0728. The van der Waals surface area contributed by atoms with Gasteiger partial charge in [0.05, 0.1) is 12.7 Å². The Morgan fingerprint density at radius 2 is 1.56 bits per heavy atom. The van der Waals surface area contributed by atoms with Gasteiger partial charge in [-0.3, -0.25) is 0 Å². The highest BCUT2D eigenvalue weighted by Gasteiger charge is 2.27. The maximum Gasteiger partial charge on any atom is 0.346 e. The van der Waals surface area contributed by atoms with Crippen LogP contribution in [0.15, 0.2) is 54.6 Å². The van der Waals surface area contributed by atoms with Crippen molar-refractivity contribution in [1.82, 2.24) is 0 Å². The summed E-state index contributed by atoms with van der Waals surface area (Å²) in [6, 6.07) is 13.7. The van der Waals surface area contributed by atoms with Crippen LogP contribution in [0.3, 0.4) is 0 Å². The summed E-state index contributed by atoms with van der Waals surface area (Å²) < 4.78 is 53.8. The van der Waals surface area contributed by atoms with Crippen LogP contribution < -0.4 is 9.47 Å². The van der Waals surface area contributed by atoms with E-state index in [-0.39, 0.29) is 17.4 Å². The summed E-state index contributed by atoms with van der Waals surface area (Å²) in [4.78, 5) is 12.5. The summed E-state index contributed by atoms with van der Waals surface area (Å²) >= 11 is 0. The number of methoxy groups -OCH3 is 1. The van der Waals surface area contributed by atoms with Gasteiger partial charge in [0, 0.05) is 0 Å². The fraction of sp³-hybridized carbons (Fsp3) is 0.321. The molecule has 0 aliphatic heterocycles. The topological polar surface area (TPSA) is 35.5 Å². The molecule has 0 saturated heterocycles. The standard InChI is InChI=1S/C28H27F3O3/c1-3-17-4-6-19(7-5-17)22-13-14-23(27(31)26(22)30)28(32)34-21-11-8-18(9-12-21)20-10-15-25(33-2)24(29)16-20/h8-17,19H,3-7H2,1-2H3. The van der Waals surface area contributed by atoms with Crippen LogP contribution in [-0.2, 0) is 0 Å². The van der Waals surface area contributed by atoms with Gasteiger partial charge in [0.25, 0.3) is 0 Å². The zero-order valence-electron chi connectivity index (χ0n) is 19.2. The molecule has 0 radical (unpaired) electrons. The number of carbonyl (C=O) groups is 1. The van der Waals surface area contributed by atoms with Crippen LogP contribution >= 0.6 is 0 Å². The molecule has 3 aromatic rings. The van der Waals surface area contributed by atoms with Gasteiger partial charge in [-0.15, -0.1) is 0 Å². The molecule has 3 nitrogen and oxygen atoms in total. The lowest BCUT2D eigenvalue weighted by Crippen LogP contribution is -2.16. The molecule has 0 heterocycles. The Balaban J connectivity index is 1.46. The van der Waals surface area contributed by atoms with Gasteiger partial charge in [-0.2, -0.15) is 0 Å². The molecule has 0 unspecified atom stereocenters. The maximum atomic E-state index is 14.8. The zero-order valence-corrected chi connectivity index (χ0v) is 19.2. The average Bonchev–Trinajstić information content (AvgIpc) is 2.86. The fourth-order valence-electron chi connectivity index (χ4n) is 4.64. The number of carbonyl (C=O) groups excluding carboxylic acids is 1. The summed E-state index contributed by atoms with van der Waals surface area (Å²) in [7, 11) is 1.39. The van der Waals surface area contributed by atoms with Crippen LogP contribution in [0.25, 0.3) is 11.1 Å². The minimum absolute atomic E-state index is 0.0299. The van der Waals surface area contributed by atoms with Crippen LogP contribution in [0.1, 0.15) is 60.9 Å². The van der Waals surface area contributed by atoms with Gasteiger partial charge < -0.3 is 9.47 Å². The van der Waals surface area contributed by atoms with Crippen LogP contribution in [-0.4, -0.2) is 13.1 Å². The smallest absolute Gasteiger partial charge is 0.346 e. The highest BCUT2D eigenvalue weighted by atomic mass is 19.2. The predicted octanol–water partition coefficient (Wildman–Crippen LogP) is 7.68. The Hall–Kier alpha value is -3.28. The molecule has 6 heteroatoms. The van der Waals surface area contributed by atoms with Gasteiger partial charge in [0.2, 0.25) is 0 Å². The van der Waals surface area contributed by atoms with Crippen LogP contribution in [0.4, 0.5) is 13.2 Å². The quantitative estimate of drug-likeness (QED) is 0.275. The van der Waals surface area contributed by atoms with Gasteiger partial charge in [-0.1, -0.05) is 37.6 Å². The van der Waals surface area contributed by atoms with Gasteiger partial charge in [0.1, 0.15) is 5.75 Å². The van der Waals surface area contributed by atoms with Crippen LogP contribution in [0.5, 0.6) is 11.5 Å². The van der Waals surface area contributed by atoms with E-state index in [1.54, 1.807) is 18.2 Å². The summed E-state index contributed by atoms with van der Waals surface area (Å²) in [6.07, 6.45) is 4.76. The Morgan fingerprint density at radius 3 is 2.18 bits per heavy atom. The Labute approximate surface area is 197 Å². The molecule has 34 heavy (non-hydrogen) atoms. The summed E-state index contributed by atoms with van der Waals surface area (Å²) in [6.45, 7) is 2.15. The van der Waals surface area contributed by atoms with Crippen molar-refractivity contribution in [3.63, 3.8) is 0 Å². The first-order valence-corrected chi connectivity index (χ1v) is 11.5. The molecule has 1 aliphatic rings. The van der Waals surface area contributed by atoms with Gasteiger partial charge >= 0.3 is 5.97 Å². The highest BCUT2D eigenvalue weighted by molar-refractivity contribution is 5.91. The Bertz CT molecular complexity index is 1170. The highest BCUT2D eigenvalue weighted by Crippen LogP contribution is 2.38. The molecule has 0 N–H and O–H groups in total. The summed E-state index contributed by atoms with van der Waals surface area (Å²) in [5.41, 5.74) is 1.21. The molecule has 0 aromatic heterocycles. The molecule has 4 rings (SSSR count). The van der Waals surface area contributed by atoms with E-state index >= 15 is 0 Å². The molecule has 0 amide bonds. The monoisotopic (exact) mass is 468 g/mol. The number of ether oxygens (including phenoxy) is 2. The predicted molar refractivity (Wildman–Crippen MR) is 125 cm³/mol. The van der Waals surface area contributed by atoms with Crippen molar-refractivity contribution in [3.05, 3.63) is 83.2 Å². The zero-order chi connectivity index (χ0) is 24.2. The Kier molecular flexibility index (Phi) is 7.25. The van der Waals surface area contributed by atoms with Crippen molar-refractivity contribution in [2.24, 2.45) is 5.92 Å². The molecular weight excluding hydrogens is 441 g/mol. The van der Waals surface area contributed by atoms with Crippen molar-refractivity contribution in [1.29, 1.82) is 0 Å². The number of esters is 1. The van der Waals surface area contributed by atoms with Crippen LogP contribution in [0, 0.1) is 23.4 Å². The lowest BCUT2D eigenvalue weighted by Gasteiger charge is -2.28. The second-order valence-corrected chi connectivity index (χ2v) is 8.72. The molecule has 0 atom stereocenters. The van der Waals surface area contributed by atoms with Crippen LogP contribution in [0.2, 0.25) is 0 Å². The van der Waals surface area contributed by atoms with E-state index < -0.39 is 29.0 Å². The van der Waals surface area contributed by atoms with Gasteiger partial charge in [-0.05, 0) is 84.5 Å². The third kappa shape index (κ3) is 4.96. The SMILES string of the molecule is CCC1CCC(c2ccc(C(=O)Oc3ccc(-c4ccc(OC)c(F)c4)cc3)c(F)c2F)CC1. The van der Waals surface area contributed by atoms with E-state index in [9.17, 15) is 18.0 Å². The first-order chi connectivity index (χ1) is 16.4. The third-order valence-electron chi connectivity index (χ3n) is 6.75. The van der Waals surface area contributed by atoms with E-state index in [4.69, 9.17) is 9.47 Å². The van der Waals surface area contributed by atoms with E-state index in [0.717, 1.165) is 32.1 Å². The second kappa shape index (κ2) is 10.3. The van der Waals surface area contributed by atoms with E-state index in [0.29, 0.717) is 22.6 Å². The molecule has 3 aromatic carbocycles. The van der Waals surface area contributed by atoms with Gasteiger partial charge in [-0.25, -0.2) is 18.0 Å². The van der Waals surface area contributed by atoms with Crippen molar-refractivity contribution in [3.8, 4) is 22.6 Å². The Morgan fingerprint density at radius 1 is 0.882 bits per heavy atom. The van der Waals surface area contributed by atoms with E-state index in [1.807, 2.05) is 0 Å². The average molecular weight is 469 g/mol. The minimum atomic E-state index is -1.18. The number of benzene rings is 3. The number of rotatable bonds is 6. The summed E-state index contributed by atoms with van der Waals surface area (Å²) in [5.74, 6) is -2.67. The number of halogens is 3. The largest absolute Gasteiger partial charge is 0.494 e. The second-order valence-electron chi connectivity index (χ2n) is 8.72. The molecule has 178 valence electrons. The van der Waals surface area contributed by atoms with Crippen molar-refractivity contribution >= 4 is 5.97 Å². The first-order valence-electron chi connectivity index (χ1n) is 11.5. The first kappa shape index (κ1) is 23.9. The summed E-state index contributed by atoms with van der Waals surface area (Å²) in [5, 5.41) is 0.